The molecule has 0 aliphatic carbocycles. The van der Waals surface area contributed by atoms with E-state index < -0.39 is 7.14 Å². The van der Waals surface area contributed by atoms with E-state index in [4.69, 9.17) is 9.97 Å². The van der Waals surface area contributed by atoms with E-state index in [-0.39, 0.29) is 0 Å². The maximum absolute atomic E-state index is 14.6. The summed E-state index contributed by atoms with van der Waals surface area (Å²) in [4.78, 5) is 18.9. The predicted octanol–water partition coefficient (Wildman–Crippen LogP) is 6.61. The fourth-order valence-corrected chi connectivity index (χ4v) is 6.84. The van der Waals surface area contributed by atoms with E-state index >= 15 is 0 Å². The van der Waals surface area contributed by atoms with Gasteiger partial charge in [-0.25, -0.2) is 0 Å². The lowest BCUT2D eigenvalue weighted by atomic mass is 10.2. The molecular formula is C30H27N4OP. The van der Waals surface area contributed by atoms with Crippen LogP contribution in [0.15, 0.2) is 103 Å². The SMILES string of the molecule is Cc1cccc(-c2cccc(CP(=O)(Cc3cccc(-c4cccc(C)n4)n3)c3ccccc3)n2)n1. The molecule has 0 fully saturated rings. The highest BCUT2D eigenvalue weighted by molar-refractivity contribution is 7.70. The number of hydrogen-bond donors (Lipinski definition) is 0. The van der Waals surface area contributed by atoms with E-state index in [9.17, 15) is 4.57 Å². The van der Waals surface area contributed by atoms with Crippen molar-refractivity contribution < 1.29 is 4.57 Å². The van der Waals surface area contributed by atoms with Crippen molar-refractivity contribution in [2.45, 2.75) is 26.2 Å². The lowest BCUT2D eigenvalue weighted by Crippen LogP contribution is -2.10. The maximum Gasteiger partial charge on any atom is 0.127 e. The minimum atomic E-state index is -2.92. The Morgan fingerprint density at radius 2 is 0.917 bits per heavy atom. The molecule has 178 valence electrons. The van der Waals surface area contributed by atoms with E-state index in [0.29, 0.717) is 12.3 Å². The molecule has 5 rings (SSSR count). The largest absolute Gasteiger partial charge is 0.318 e. The van der Waals surface area contributed by atoms with Crippen LogP contribution in [0.5, 0.6) is 0 Å². The summed E-state index contributed by atoms with van der Waals surface area (Å²) in [7, 11) is -2.92. The molecule has 0 atom stereocenters. The van der Waals surface area contributed by atoms with Crippen molar-refractivity contribution in [1.82, 2.24) is 19.9 Å². The van der Waals surface area contributed by atoms with Gasteiger partial charge in [0.2, 0.25) is 0 Å². The molecule has 0 radical (unpaired) electrons. The van der Waals surface area contributed by atoms with Crippen LogP contribution in [0.3, 0.4) is 0 Å². The third kappa shape index (κ3) is 5.48. The molecule has 0 amide bonds. The lowest BCUT2D eigenvalue weighted by Gasteiger charge is -2.19. The third-order valence-electron chi connectivity index (χ3n) is 5.98. The van der Waals surface area contributed by atoms with Gasteiger partial charge in [0.1, 0.15) is 7.14 Å². The molecule has 4 heterocycles. The first-order valence-corrected chi connectivity index (χ1v) is 14.0. The number of aryl methyl sites for hydroxylation is 2. The van der Waals surface area contributed by atoms with Gasteiger partial charge >= 0.3 is 0 Å². The van der Waals surface area contributed by atoms with E-state index in [0.717, 1.165) is 50.9 Å². The van der Waals surface area contributed by atoms with Crippen molar-refractivity contribution in [3.63, 3.8) is 0 Å². The summed E-state index contributed by atoms with van der Waals surface area (Å²) in [5.74, 6) is 0. The highest BCUT2D eigenvalue weighted by Crippen LogP contribution is 2.50. The molecule has 0 saturated heterocycles. The van der Waals surface area contributed by atoms with Crippen LogP contribution in [-0.2, 0) is 16.9 Å². The minimum Gasteiger partial charge on any atom is -0.318 e. The molecule has 5 nitrogen and oxygen atoms in total. The highest BCUT2D eigenvalue weighted by atomic mass is 31.2. The third-order valence-corrected chi connectivity index (χ3v) is 8.89. The Hall–Kier alpha value is -3.95. The number of pyridine rings is 4. The molecule has 0 bridgehead atoms. The number of hydrogen-bond acceptors (Lipinski definition) is 5. The predicted molar refractivity (Wildman–Crippen MR) is 146 cm³/mol. The van der Waals surface area contributed by atoms with Crippen molar-refractivity contribution in [3.8, 4) is 22.8 Å². The Kier molecular flexibility index (Phi) is 6.84. The van der Waals surface area contributed by atoms with Gasteiger partial charge in [0.05, 0.1) is 22.8 Å². The average Bonchev–Trinajstić information content (AvgIpc) is 2.89. The summed E-state index contributed by atoms with van der Waals surface area (Å²) in [6, 6.07) is 33.2. The average molecular weight is 491 g/mol. The summed E-state index contributed by atoms with van der Waals surface area (Å²) in [5, 5.41) is 0.826. The molecule has 6 heteroatoms. The first-order chi connectivity index (χ1) is 17.5. The smallest absolute Gasteiger partial charge is 0.127 e. The van der Waals surface area contributed by atoms with Gasteiger partial charge in [-0.1, -0.05) is 54.6 Å². The Balaban J connectivity index is 1.50. The van der Waals surface area contributed by atoms with Crippen LogP contribution in [0, 0.1) is 13.8 Å². The zero-order valence-corrected chi connectivity index (χ0v) is 21.3. The zero-order chi connectivity index (χ0) is 25.0. The van der Waals surface area contributed by atoms with E-state index in [1.165, 1.54) is 0 Å². The molecule has 1 aromatic carbocycles. The van der Waals surface area contributed by atoms with Crippen LogP contribution < -0.4 is 5.30 Å². The van der Waals surface area contributed by atoms with Crippen LogP contribution in [-0.4, -0.2) is 19.9 Å². The zero-order valence-electron chi connectivity index (χ0n) is 20.4. The number of nitrogens with zero attached hydrogens (tertiary/aromatic N) is 4. The van der Waals surface area contributed by atoms with Gasteiger partial charge in [0.15, 0.2) is 0 Å². The van der Waals surface area contributed by atoms with Crippen LogP contribution in [0.2, 0.25) is 0 Å². The fourth-order valence-electron chi connectivity index (χ4n) is 4.25. The molecule has 0 saturated carbocycles. The van der Waals surface area contributed by atoms with Crippen molar-refractivity contribution >= 4 is 12.4 Å². The topological polar surface area (TPSA) is 68.6 Å². The second-order valence-electron chi connectivity index (χ2n) is 8.90. The van der Waals surface area contributed by atoms with E-state index in [1.54, 1.807) is 0 Å². The van der Waals surface area contributed by atoms with Gasteiger partial charge in [-0.2, -0.15) is 0 Å². The van der Waals surface area contributed by atoms with Gasteiger partial charge in [-0.3, -0.25) is 19.9 Å². The second-order valence-corrected chi connectivity index (χ2v) is 11.8. The number of rotatable bonds is 7. The second kappa shape index (κ2) is 10.3. The van der Waals surface area contributed by atoms with Crippen molar-refractivity contribution in [3.05, 3.63) is 126 Å². The molecule has 0 N–H and O–H groups in total. The summed E-state index contributed by atoms with van der Waals surface area (Å²) in [5.41, 5.74) is 6.60. The fraction of sp³-hybridized carbons (Fsp3) is 0.133. The van der Waals surface area contributed by atoms with Crippen LogP contribution >= 0.6 is 7.14 Å². The molecule has 0 spiro atoms. The molecule has 4 aromatic heterocycles. The first-order valence-electron chi connectivity index (χ1n) is 11.9. The Morgan fingerprint density at radius 1 is 0.500 bits per heavy atom. The maximum atomic E-state index is 14.6. The summed E-state index contributed by atoms with van der Waals surface area (Å²) in [6.45, 7) is 3.93. The van der Waals surface area contributed by atoms with Crippen LogP contribution in [0.4, 0.5) is 0 Å². The lowest BCUT2D eigenvalue weighted by molar-refractivity contribution is 0.579. The van der Waals surface area contributed by atoms with Gasteiger partial charge in [0.25, 0.3) is 0 Å². The Bertz CT molecular complexity index is 1460. The Labute approximate surface area is 211 Å². The van der Waals surface area contributed by atoms with Crippen LogP contribution in [0.1, 0.15) is 22.8 Å². The minimum absolute atomic E-state index is 0.339. The van der Waals surface area contributed by atoms with Crippen molar-refractivity contribution in [1.29, 1.82) is 0 Å². The van der Waals surface area contributed by atoms with Gasteiger partial charge in [-0.15, -0.1) is 0 Å². The normalized spacial score (nSPS) is 11.4. The molecule has 0 aliphatic rings. The van der Waals surface area contributed by atoms with Crippen molar-refractivity contribution in [2.24, 2.45) is 0 Å². The molecular weight excluding hydrogens is 463 g/mol. The summed E-state index contributed by atoms with van der Waals surface area (Å²) in [6.07, 6.45) is 0.677. The van der Waals surface area contributed by atoms with Crippen molar-refractivity contribution in [2.75, 3.05) is 0 Å². The molecule has 36 heavy (non-hydrogen) atoms. The quantitative estimate of drug-likeness (QED) is 0.240. The van der Waals surface area contributed by atoms with Gasteiger partial charge in [-0.05, 0) is 62.4 Å². The van der Waals surface area contributed by atoms with E-state index in [1.807, 2.05) is 117 Å². The molecule has 5 aromatic rings. The molecule has 0 unspecified atom stereocenters. The van der Waals surface area contributed by atoms with Gasteiger partial charge < -0.3 is 4.57 Å². The standard InChI is InChI=1S/C30H27N4OP/c1-22-10-6-16-27(31-22)29-18-8-12-24(33-29)20-36(35,26-14-4-3-5-15-26)21-25-13-9-19-30(34-25)28-17-7-11-23(2)32-28/h3-19H,20-21H2,1-2H3. The monoisotopic (exact) mass is 490 g/mol. The summed E-state index contributed by atoms with van der Waals surface area (Å²) >= 11 is 0. The number of aromatic nitrogens is 4. The van der Waals surface area contributed by atoms with Gasteiger partial charge in [0, 0.05) is 40.4 Å². The molecule has 0 aliphatic heterocycles. The number of benzene rings is 1. The first kappa shape index (κ1) is 23.8. The highest BCUT2D eigenvalue weighted by Gasteiger charge is 2.27. The Morgan fingerprint density at radius 3 is 1.36 bits per heavy atom. The van der Waals surface area contributed by atoms with E-state index in [2.05, 4.69) is 9.97 Å². The summed E-state index contributed by atoms with van der Waals surface area (Å²) < 4.78 is 14.6. The van der Waals surface area contributed by atoms with Crippen LogP contribution in [0.25, 0.3) is 22.8 Å².